The van der Waals surface area contributed by atoms with Crippen LogP contribution in [-0.2, 0) is 4.74 Å². The fraction of sp³-hybridized carbons (Fsp3) is 0.174. The number of carbonyl (C=O) groups excluding carboxylic acids is 2. The number of ether oxygens (including phenoxy) is 1. The number of esters is 1. The Morgan fingerprint density at radius 3 is 2.41 bits per heavy atom. The van der Waals surface area contributed by atoms with Crippen LogP contribution in [0.1, 0.15) is 38.9 Å². The van der Waals surface area contributed by atoms with E-state index in [4.69, 9.17) is 4.74 Å². The van der Waals surface area contributed by atoms with E-state index in [1.165, 1.54) is 5.56 Å². The van der Waals surface area contributed by atoms with E-state index < -0.39 is 5.97 Å². The number of nitrogens with one attached hydrogen (secondary N) is 2. The molecule has 148 valence electrons. The average molecular weight is 389 g/mol. The quantitative estimate of drug-likeness (QED) is 0.588. The number of aromatic nitrogens is 1. The molecule has 0 spiro atoms. The highest BCUT2D eigenvalue weighted by atomic mass is 16.5. The van der Waals surface area contributed by atoms with Crippen molar-refractivity contribution in [1.29, 1.82) is 0 Å². The van der Waals surface area contributed by atoms with Gasteiger partial charge in [-0.25, -0.2) is 4.79 Å². The third-order valence-electron chi connectivity index (χ3n) is 4.31. The van der Waals surface area contributed by atoms with Crippen molar-refractivity contribution in [2.75, 3.05) is 17.2 Å². The molecule has 0 aliphatic carbocycles. The molecule has 3 aromatic rings. The molecule has 0 bridgehead atoms. The van der Waals surface area contributed by atoms with Crippen molar-refractivity contribution in [2.45, 2.75) is 20.8 Å². The summed E-state index contributed by atoms with van der Waals surface area (Å²) in [6.07, 6.45) is 1.59. The second kappa shape index (κ2) is 9.01. The Bertz CT molecular complexity index is 1030. The van der Waals surface area contributed by atoms with Crippen LogP contribution in [0.15, 0.2) is 60.8 Å². The molecule has 2 aromatic carbocycles. The van der Waals surface area contributed by atoms with E-state index in [-0.39, 0.29) is 11.6 Å². The first kappa shape index (κ1) is 20.1. The van der Waals surface area contributed by atoms with Crippen molar-refractivity contribution in [3.63, 3.8) is 0 Å². The van der Waals surface area contributed by atoms with E-state index >= 15 is 0 Å². The molecule has 0 aliphatic heterocycles. The highest BCUT2D eigenvalue weighted by Gasteiger charge is 2.11. The minimum atomic E-state index is -0.391. The monoisotopic (exact) mass is 389 g/mol. The Kier molecular flexibility index (Phi) is 6.24. The Morgan fingerprint density at radius 1 is 0.966 bits per heavy atom. The lowest BCUT2D eigenvalue weighted by Crippen LogP contribution is -2.14. The summed E-state index contributed by atoms with van der Waals surface area (Å²) in [5, 5.41) is 6.10. The van der Waals surface area contributed by atoms with E-state index in [1.807, 2.05) is 32.0 Å². The summed E-state index contributed by atoms with van der Waals surface area (Å²) in [5.41, 5.74) is 5.35. The van der Waals surface area contributed by atoms with Crippen molar-refractivity contribution in [3.8, 4) is 0 Å². The number of benzene rings is 2. The number of hydrogen-bond donors (Lipinski definition) is 2. The first-order chi connectivity index (χ1) is 14.0. The molecule has 6 nitrogen and oxygen atoms in total. The van der Waals surface area contributed by atoms with Gasteiger partial charge in [-0.2, -0.15) is 0 Å². The molecule has 1 heterocycles. The largest absolute Gasteiger partial charge is 0.462 e. The summed E-state index contributed by atoms with van der Waals surface area (Å²) < 4.78 is 4.95. The maximum atomic E-state index is 12.6. The third-order valence-corrected chi connectivity index (χ3v) is 4.31. The SMILES string of the molecule is CCOC(=O)c1ccc(NC(=O)c2cc(Nc3ccc(C)cc3C)ccn2)cc1. The molecule has 1 amide bonds. The normalized spacial score (nSPS) is 10.3. The summed E-state index contributed by atoms with van der Waals surface area (Å²) in [5.74, 6) is -0.726. The topological polar surface area (TPSA) is 80.3 Å². The van der Waals surface area contributed by atoms with Gasteiger partial charge in [0.05, 0.1) is 12.2 Å². The molecule has 0 fully saturated rings. The summed E-state index contributed by atoms with van der Waals surface area (Å²) in [6.45, 7) is 6.15. The lowest BCUT2D eigenvalue weighted by molar-refractivity contribution is 0.0526. The summed E-state index contributed by atoms with van der Waals surface area (Å²) in [7, 11) is 0. The smallest absolute Gasteiger partial charge is 0.338 e. The minimum Gasteiger partial charge on any atom is -0.462 e. The third kappa shape index (κ3) is 5.19. The van der Waals surface area contributed by atoms with Crippen molar-refractivity contribution >= 4 is 28.9 Å². The van der Waals surface area contributed by atoms with Gasteiger partial charge in [0.2, 0.25) is 0 Å². The fourth-order valence-corrected chi connectivity index (χ4v) is 2.84. The second-order valence-corrected chi connectivity index (χ2v) is 6.63. The Balaban J connectivity index is 1.70. The van der Waals surface area contributed by atoms with Gasteiger partial charge in [-0.3, -0.25) is 9.78 Å². The van der Waals surface area contributed by atoms with Crippen LogP contribution in [0.2, 0.25) is 0 Å². The Hall–Kier alpha value is -3.67. The standard InChI is InChI=1S/C23H23N3O3/c1-4-29-23(28)17-6-8-18(9-7-17)26-22(27)21-14-19(11-12-24-21)25-20-10-5-15(2)13-16(20)3/h5-14H,4H2,1-3H3,(H,24,25)(H,26,27). The molecular weight excluding hydrogens is 366 g/mol. The number of nitrogens with zero attached hydrogens (tertiary/aromatic N) is 1. The number of anilines is 3. The number of rotatable bonds is 6. The van der Waals surface area contributed by atoms with Crippen molar-refractivity contribution in [3.05, 3.63) is 83.2 Å². The first-order valence-electron chi connectivity index (χ1n) is 9.35. The number of hydrogen-bond acceptors (Lipinski definition) is 5. The molecule has 0 saturated carbocycles. The zero-order valence-electron chi connectivity index (χ0n) is 16.7. The van der Waals surface area contributed by atoms with Crippen LogP contribution in [0.4, 0.5) is 17.1 Å². The van der Waals surface area contributed by atoms with Crippen LogP contribution >= 0.6 is 0 Å². The molecular formula is C23H23N3O3. The van der Waals surface area contributed by atoms with Crippen LogP contribution in [0.5, 0.6) is 0 Å². The van der Waals surface area contributed by atoms with Gasteiger partial charge in [0.1, 0.15) is 5.69 Å². The second-order valence-electron chi connectivity index (χ2n) is 6.63. The predicted octanol–water partition coefficient (Wildman–Crippen LogP) is 4.87. The summed E-state index contributed by atoms with van der Waals surface area (Å²) in [6, 6.07) is 16.2. The van der Waals surface area contributed by atoms with Gasteiger partial charge >= 0.3 is 5.97 Å². The van der Waals surface area contributed by atoms with E-state index in [2.05, 4.69) is 21.7 Å². The highest BCUT2D eigenvalue weighted by Crippen LogP contribution is 2.22. The lowest BCUT2D eigenvalue weighted by atomic mass is 10.1. The number of aryl methyl sites for hydroxylation is 2. The summed E-state index contributed by atoms with van der Waals surface area (Å²) in [4.78, 5) is 28.4. The maximum Gasteiger partial charge on any atom is 0.338 e. The van der Waals surface area contributed by atoms with Gasteiger partial charge in [-0.1, -0.05) is 17.7 Å². The fourth-order valence-electron chi connectivity index (χ4n) is 2.84. The van der Waals surface area contributed by atoms with Crippen LogP contribution < -0.4 is 10.6 Å². The van der Waals surface area contributed by atoms with Gasteiger partial charge in [-0.05, 0) is 68.8 Å². The van der Waals surface area contributed by atoms with Gasteiger partial charge in [0.25, 0.3) is 5.91 Å². The van der Waals surface area contributed by atoms with E-state index in [0.29, 0.717) is 17.9 Å². The zero-order chi connectivity index (χ0) is 20.8. The van der Waals surface area contributed by atoms with Crippen LogP contribution in [-0.4, -0.2) is 23.5 Å². The molecule has 0 saturated heterocycles. The molecule has 0 aliphatic rings. The molecule has 0 radical (unpaired) electrons. The average Bonchev–Trinajstić information content (AvgIpc) is 2.71. The Labute approximate surface area is 169 Å². The highest BCUT2D eigenvalue weighted by molar-refractivity contribution is 6.03. The van der Waals surface area contributed by atoms with E-state index in [0.717, 1.165) is 16.9 Å². The van der Waals surface area contributed by atoms with Crippen molar-refractivity contribution in [2.24, 2.45) is 0 Å². The molecule has 0 unspecified atom stereocenters. The number of pyridine rings is 1. The Morgan fingerprint density at radius 2 is 1.72 bits per heavy atom. The van der Waals surface area contributed by atoms with Gasteiger partial charge in [-0.15, -0.1) is 0 Å². The van der Waals surface area contributed by atoms with Gasteiger partial charge < -0.3 is 15.4 Å². The zero-order valence-corrected chi connectivity index (χ0v) is 16.7. The molecule has 1 aromatic heterocycles. The first-order valence-corrected chi connectivity index (χ1v) is 9.35. The number of amides is 1. The van der Waals surface area contributed by atoms with Gasteiger partial charge in [0.15, 0.2) is 0 Å². The molecule has 6 heteroatoms. The molecule has 2 N–H and O–H groups in total. The molecule has 0 atom stereocenters. The molecule has 3 rings (SSSR count). The van der Waals surface area contributed by atoms with Crippen LogP contribution in [0.3, 0.4) is 0 Å². The van der Waals surface area contributed by atoms with E-state index in [9.17, 15) is 9.59 Å². The van der Waals surface area contributed by atoms with Crippen molar-refractivity contribution in [1.82, 2.24) is 4.98 Å². The number of carbonyl (C=O) groups is 2. The minimum absolute atomic E-state index is 0.286. The van der Waals surface area contributed by atoms with E-state index in [1.54, 1.807) is 43.5 Å². The lowest BCUT2D eigenvalue weighted by Gasteiger charge is -2.11. The molecule has 29 heavy (non-hydrogen) atoms. The summed E-state index contributed by atoms with van der Waals surface area (Å²) >= 11 is 0. The van der Waals surface area contributed by atoms with Crippen LogP contribution in [0, 0.1) is 13.8 Å². The maximum absolute atomic E-state index is 12.6. The van der Waals surface area contributed by atoms with Gasteiger partial charge in [0, 0.05) is 23.3 Å². The van der Waals surface area contributed by atoms with Crippen molar-refractivity contribution < 1.29 is 14.3 Å². The van der Waals surface area contributed by atoms with Crippen LogP contribution in [0.25, 0.3) is 0 Å². The predicted molar refractivity (Wildman–Crippen MR) is 114 cm³/mol.